The number of fused-ring (bicyclic) bond motifs is 2. The third-order valence-corrected chi connectivity index (χ3v) is 8.37. The molecule has 0 atom stereocenters. The zero-order valence-corrected chi connectivity index (χ0v) is 24.7. The van der Waals surface area contributed by atoms with Gasteiger partial charge in [0.05, 0.1) is 16.6 Å². The minimum atomic E-state index is -5.14. The van der Waals surface area contributed by atoms with E-state index in [0.29, 0.717) is 13.1 Å². The smallest absolute Gasteiger partial charge is 0.335 e. The number of nitrogen functional groups attached to an aromatic ring is 1. The molecular weight excluding hydrogens is 604 g/mol. The number of hydrogen-bond acceptors (Lipinski definition) is 10. The van der Waals surface area contributed by atoms with Crippen LogP contribution in [0.5, 0.6) is 0 Å². The largest absolute Gasteiger partial charge is 0.478 e. The molecular formula is C27H32N4O10S2. The van der Waals surface area contributed by atoms with Crippen LogP contribution in [0.2, 0.25) is 0 Å². The van der Waals surface area contributed by atoms with Crippen LogP contribution in [-0.2, 0) is 29.8 Å². The molecule has 0 aromatic heterocycles. The minimum Gasteiger partial charge on any atom is -0.478 e. The van der Waals surface area contributed by atoms with Gasteiger partial charge in [0.15, 0.2) is 21.1 Å². The molecule has 0 saturated heterocycles. The Morgan fingerprint density at radius 3 is 2.28 bits per heavy atom. The molecule has 3 rings (SSSR count). The highest BCUT2D eigenvalue weighted by Gasteiger charge is 2.32. The number of nitrogens with one attached hydrogen (secondary N) is 2. The number of carbonyl (C=O) groups excluding carboxylic acids is 1. The van der Waals surface area contributed by atoms with E-state index in [4.69, 9.17) is 21.3 Å². The van der Waals surface area contributed by atoms with Crippen molar-refractivity contribution in [3.63, 3.8) is 0 Å². The lowest BCUT2D eigenvalue weighted by molar-refractivity contribution is -0.132. The zero-order chi connectivity index (χ0) is 32.1. The number of nitrogens with two attached hydrogens (primary N) is 2. The number of carbonyl (C=O) groups is 2. The third-order valence-electron chi connectivity index (χ3n) is 6.51. The van der Waals surface area contributed by atoms with Crippen LogP contribution in [0.3, 0.4) is 0 Å². The Labute approximate surface area is 247 Å². The summed E-state index contributed by atoms with van der Waals surface area (Å²) in [7, 11) is -10.2. The summed E-state index contributed by atoms with van der Waals surface area (Å²) in [4.78, 5) is 22.8. The van der Waals surface area contributed by atoms with Gasteiger partial charge in [0.1, 0.15) is 0 Å². The van der Waals surface area contributed by atoms with E-state index in [-0.39, 0.29) is 46.4 Å². The van der Waals surface area contributed by atoms with Crippen molar-refractivity contribution in [1.82, 2.24) is 5.32 Å². The molecule has 1 aliphatic carbocycles. The van der Waals surface area contributed by atoms with Gasteiger partial charge in [0, 0.05) is 29.5 Å². The molecule has 2 aliphatic rings. The maximum atomic E-state index is 12.5. The van der Waals surface area contributed by atoms with Gasteiger partial charge in [-0.25, -0.2) is 4.79 Å². The predicted molar refractivity (Wildman–Crippen MR) is 157 cm³/mol. The first-order valence-corrected chi connectivity index (χ1v) is 15.9. The normalized spacial score (nSPS) is 13.0. The van der Waals surface area contributed by atoms with Crippen molar-refractivity contribution in [1.29, 1.82) is 5.41 Å². The van der Waals surface area contributed by atoms with Crippen molar-refractivity contribution < 1.29 is 45.1 Å². The second-order valence-corrected chi connectivity index (χ2v) is 12.2. The first kappa shape index (κ1) is 33.4. The van der Waals surface area contributed by atoms with E-state index in [2.05, 4.69) is 5.32 Å². The molecule has 1 amide bonds. The first-order chi connectivity index (χ1) is 20.1. The van der Waals surface area contributed by atoms with Crippen molar-refractivity contribution in [2.24, 2.45) is 5.73 Å². The van der Waals surface area contributed by atoms with Crippen LogP contribution < -0.4 is 22.1 Å². The summed E-state index contributed by atoms with van der Waals surface area (Å²) in [5, 5.41) is 20.2. The maximum Gasteiger partial charge on any atom is 0.335 e. The van der Waals surface area contributed by atoms with Crippen LogP contribution in [0.15, 0.2) is 56.2 Å². The van der Waals surface area contributed by atoms with E-state index in [1.54, 1.807) is 0 Å². The van der Waals surface area contributed by atoms with Gasteiger partial charge in [-0.3, -0.25) is 19.3 Å². The second-order valence-electron chi connectivity index (χ2n) is 9.47. The second kappa shape index (κ2) is 13.5. The van der Waals surface area contributed by atoms with Crippen molar-refractivity contribution in [3.8, 4) is 11.3 Å². The van der Waals surface area contributed by atoms with Gasteiger partial charge < -0.3 is 26.3 Å². The molecule has 1 aliphatic heterocycles. The average molecular weight is 637 g/mol. The monoisotopic (exact) mass is 636 g/mol. The van der Waals surface area contributed by atoms with Gasteiger partial charge in [-0.1, -0.05) is 18.6 Å². The standard InChI is InChI=1S/C27H32N4O10S2/c1-2-15(16(27(33)34)7-6-8-21(32)31-14-5-3-4-13-28)22-17-9-11-19(29)25(42(35,36)37)23(17)41-24-18(22)10-12-20(30)26(24)43(38,39)40/h2,7,9-12,29H,3-6,8,13-14,28,30H2,1H3,(H,31,32)(H,33,34)(H,35,36,37)(H,38,39,40)/b15-2+,16-7+,29-19?. The molecule has 9 N–H and O–H groups in total. The fraction of sp³-hybridized carbons (Fsp3) is 0.296. The van der Waals surface area contributed by atoms with Crippen LogP contribution in [0, 0.1) is 5.41 Å². The molecule has 1 aromatic rings. The topological polar surface area (TPSA) is 264 Å². The van der Waals surface area contributed by atoms with E-state index >= 15 is 0 Å². The molecule has 0 saturated carbocycles. The number of carboxylic acid groups (broad SMARTS) is 1. The summed E-state index contributed by atoms with van der Waals surface area (Å²) < 4.78 is 74.7. The van der Waals surface area contributed by atoms with Crippen molar-refractivity contribution in [2.75, 3.05) is 18.8 Å². The molecule has 1 aromatic carbocycles. The first-order valence-electron chi connectivity index (χ1n) is 13.0. The maximum absolute atomic E-state index is 12.5. The average Bonchev–Trinajstić information content (AvgIpc) is 2.89. The summed E-state index contributed by atoms with van der Waals surface area (Å²) in [6, 6.07) is 4.70. The van der Waals surface area contributed by atoms with E-state index < -0.39 is 58.4 Å². The molecule has 1 heterocycles. The Kier molecular flexibility index (Phi) is 10.5. The molecule has 0 radical (unpaired) electrons. The molecule has 0 fully saturated rings. The Bertz CT molecular complexity index is 1880. The molecule has 43 heavy (non-hydrogen) atoms. The number of aliphatic carboxylic acids is 1. The lowest BCUT2D eigenvalue weighted by atomic mass is 9.88. The van der Waals surface area contributed by atoms with Gasteiger partial charge in [-0.15, -0.1) is 0 Å². The molecule has 14 nitrogen and oxygen atoms in total. The van der Waals surface area contributed by atoms with Gasteiger partial charge in [-0.05, 0) is 62.6 Å². The summed E-state index contributed by atoms with van der Waals surface area (Å²) in [6.45, 7) is 2.47. The van der Waals surface area contributed by atoms with Gasteiger partial charge in [-0.2, -0.15) is 16.8 Å². The van der Waals surface area contributed by atoms with Crippen molar-refractivity contribution in [3.05, 3.63) is 52.9 Å². The molecule has 16 heteroatoms. The zero-order valence-electron chi connectivity index (χ0n) is 23.1. The number of rotatable bonds is 13. The predicted octanol–water partition coefficient (Wildman–Crippen LogP) is 2.53. The summed E-state index contributed by atoms with van der Waals surface area (Å²) in [6.07, 6.45) is 5.03. The number of allylic oxidation sites excluding steroid dienone is 2. The highest BCUT2D eigenvalue weighted by molar-refractivity contribution is 7.86. The summed E-state index contributed by atoms with van der Waals surface area (Å²) >= 11 is 0. The highest BCUT2D eigenvalue weighted by atomic mass is 32.2. The van der Waals surface area contributed by atoms with Gasteiger partial charge >= 0.3 is 5.97 Å². The van der Waals surface area contributed by atoms with E-state index in [1.165, 1.54) is 31.2 Å². The molecule has 232 valence electrons. The Morgan fingerprint density at radius 2 is 1.70 bits per heavy atom. The minimum absolute atomic E-state index is 0.00294. The number of unbranched alkanes of at least 4 members (excludes halogenated alkanes) is 2. The van der Waals surface area contributed by atoms with Crippen LogP contribution in [-0.4, -0.2) is 56.0 Å². The Morgan fingerprint density at radius 1 is 1.02 bits per heavy atom. The lowest BCUT2D eigenvalue weighted by Gasteiger charge is -2.21. The molecule has 0 bridgehead atoms. The number of anilines is 1. The number of hydrogen-bond donors (Lipinski definition) is 7. The quantitative estimate of drug-likeness (QED) is 0.0356. The van der Waals surface area contributed by atoms with Gasteiger partial charge in [0.25, 0.3) is 20.2 Å². The van der Waals surface area contributed by atoms with Crippen LogP contribution in [0.25, 0.3) is 27.9 Å². The molecule has 0 unspecified atom stereocenters. The van der Waals surface area contributed by atoms with Crippen LogP contribution in [0.1, 0.15) is 44.6 Å². The third kappa shape index (κ3) is 7.47. The highest BCUT2D eigenvalue weighted by Crippen LogP contribution is 2.44. The fourth-order valence-corrected chi connectivity index (χ4v) is 6.14. The SMILES string of the molecule is C/C=C(\C(=C/CCC(=O)NCCCCCN)C(=O)O)c1c2ccc(=N)c(S(=O)(=O)O)c-2oc2c(S(=O)(=O)O)c(N)ccc12. The Balaban J connectivity index is 2.27. The van der Waals surface area contributed by atoms with E-state index in [9.17, 15) is 40.6 Å². The van der Waals surface area contributed by atoms with Crippen molar-refractivity contribution >= 4 is 54.3 Å². The number of benzene rings is 2. The van der Waals surface area contributed by atoms with Gasteiger partial charge in [0.2, 0.25) is 5.91 Å². The van der Waals surface area contributed by atoms with Crippen molar-refractivity contribution in [2.45, 2.75) is 48.8 Å². The fourth-order valence-electron chi connectivity index (χ4n) is 4.65. The summed E-state index contributed by atoms with van der Waals surface area (Å²) in [5.74, 6) is -2.40. The number of carboxylic acids is 1. The van der Waals surface area contributed by atoms with E-state index in [0.717, 1.165) is 31.4 Å². The summed E-state index contributed by atoms with van der Waals surface area (Å²) in [5.41, 5.74) is 9.66. The lowest BCUT2D eigenvalue weighted by Crippen LogP contribution is -2.24. The molecule has 0 spiro atoms. The Hall–Kier alpha value is -4.09. The van der Waals surface area contributed by atoms with E-state index in [1.807, 2.05) is 0 Å². The van der Waals surface area contributed by atoms with Crippen LogP contribution >= 0.6 is 0 Å². The van der Waals surface area contributed by atoms with Crippen LogP contribution in [0.4, 0.5) is 5.69 Å². The number of amides is 1.